The molecule has 9 heteroatoms. The zero-order chi connectivity index (χ0) is 20.7. The minimum Gasteiger partial charge on any atom is -0.482 e. The number of nitrogens with one attached hydrogen (secondary N) is 1. The zero-order valence-corrected chi connectivity index (χ0v) is 18.3. The Morgan fingerprint density at radius 1 is 1.30 bits per heavy atom. The lowest BCUT2D eigenvalue weighted by molar-refractivity contribution is 0.180. The summed E-state index contributed by atoms with van der Waals surface area (Å²) in [6.45, 7) is 1.71. The number of aliphatic imine (C=N–C) groups is 2. The first-order valence-electron chi connectivity index (χ1n) is 10.7. The maximum Gasteiger partial charge on any atom is 0.323 e. The summed E-state index contributed by atoms with van der Waals surface area (Å²) in [5, 5.41) is 8.00. The molecule has 1 spiro atoms. The first kappa shape index (κ1) is 19.7. The predicted molar refractivity (Wildman–Crippen MR) is 118 cm³/mol. The number of likely N-dealkylation sites (tertiary alicyclic amines) is 1. The van der Waals surface area contributed by atoms with Crippen molar-refractivity contribution in [2.75, 3.05) is 20.2 Å². The smallest absolute Gasteiger partial charge is 0.323 e. The van der Waals surface area contributed by atoms with Gasteiger partial charge in [0.25, 0.3) is 0 Å². The van der Waals surface area contributed by atoms with Crippen LogP contribution in [-0.2, 0) is 11.8 Å². The number of carbonyl (C=O) groups excluding carboxylic acids is 1. The molecule has 1 aromatic rings. The van der Waals surface area contributed by atoms with E-state index in [0.717, 1.165) is 30.6 Å². The lowest BCUT2D eigenvalue weighted by Gasteiger charge is -2.33. The number of aryl methyl sites for hydroxylation is 1. The Balaban J connectivity index is 1.28. The minimum absolute atomic E-state index is 0.0141. The van der Waals surface area contributed by atoms with E-state index in [9.17, 15) is 4.79 Å². The number of fused-ring (bicyclic) bond motifs is 1. The van der Waals surface area contributed by atoms with Gasteiger partial charge in [0.2, 0.25) is 5.90 Å². The molecule has 30 heavy (non-hydrogen) atoms. The molecule has 160 valence electrons. The van der Waals surface area contributed by atoms with E-state index in [2.05, 4.69) is 15.4 Å². The molecule has 0 aromatic carbocycles. The van der Waals surface area contributed by atoms with Crippen molar-refractivity contribution in [3.05, 3.63) is 24.2 Å². The number of thioether (sulfide) groups is 1. The van der Waals surface area contributed by atoms with Gasteiger partial charge in [0.15, 0.2) is 5.17 Å². The summed E-state index contributed by atoms with van der Waals surface area (Å²) in [5.41, 5.74) is 2.41. The highest BCUT2D eigenvalue weighted by Crippen LogP contribution is 2.44. The molecule has 1 saturated heterocycles. The SMILES string of the molecule is COC1=NC=C(c2cnn(C)c2)C2SC(NC(=O)N3CCC4(CCCCC4)C3)=NC12. The maximum absolute atomic E-state index is 13.0. The van der Waals surface area contributed by atoms with Crippen LogP contribution in [0.1, 0.15) is 44.1 Å². The first-order chi connectivity index (χ1) is 14.6. The van der Waals surface area contributed by atoms with E-state index < -0.39 is 0 Å². The lowest BCUT2D eigenvalue weighted by Crippen LogP contribution is -2.41. The van der Waals surface area contributed by atoms with E-state index in [1.165, 1.54) is 32.1 Å². The molecule has 2 amide bonds. The van der Waals surface area contributed by atoms with Crippen LogP contribution in [0.25, 0.3) is 5.57 Å². The summed E-state index contributed by atoms with van der Waals surface area (Å²) < 4.78 is 7.24. The van der Waals surface area contributed by atoms with Crippen LogP contribution < -0.4 is 5.32 Å². The number of urea groups is 1. The van der Waals surface area contributed by atoms with E-state index in [1.807, 2.05) is 30.5 Å². The minimum atomic E-state index is -0.237. The van der Waals surface area contributed by atoms with Crippen LogP contribution in [-0.4, -0.2) is 63.3 Å². The van der Waals surface area contributed by atoms with Crippen LogP contribution >= 0.6 is 11.8 Å². The third kappa shape index (κ3) is 3.53. The van der Waals surface area contributed by atoms with Gasteiger partial charge in [0, 0.05) is 38.1 Å². The van der Waals surface area contributed by atoms with Gasteiger partial charge in [-0.05, 0) is 30.3 Å². The van der Waals surface area contributed by atoms with E-state index in [4.69, 9.17) is 9.73 Å². The van der Waals surface area contributed by atoms with Crippen LogP contribution in [0.5, 0.6) is 0 Å². The van der Waals surface area contributed by atoms with Crippen molar-refractivity contribution < 1.29 is 9.53 Å². The molecular weight excluding hydrogens is 400 g/mol. The quantitative estimate of drug-likeness (QED) is 0.745. The third-order valence-corrected chi connectivity index (χ3v) is 7.97. The maximum atomic E-state index is 13.0. The Morgan fingerprint density at radius 3 is 2.87 bits per heavy atom. The average molecular weight is 429 g/mol. The number of nitrogens with zero attached hydrogens (tertiary/aromatic N) is 5. The molecule has 3 aliphatic heterocycles. The second-order valence-corrected chi connectivity index (χ2v) is 9.87. The van der Waals surface area contributed by atoms with Crippen LogP contribution in [0.4, 0.5) is 4.79 Å². The summed E-state index contributed by atoms with van der Waals surface area (Å²) >= 11 is 1.57. The molecule has 0 bridgehead atoms. The van der Waals surface area contributed by atoms with Crippen molar-refractivity contribution in [1.82, 2.24) is 20.0 Å². The molecule has 1 saturated carbocycles. The van der Waals surface area contributed by atoms with Gasteiger partial charge in [-0.15, -0.1) is 0 Å². The normalized spacial score (nSPS) is 27.4. The Bertz CT molecular complexity index is 930. The van der Waals surface area contributed by atoms with Crippen molar-refractivity contribution in [2.45, 2.75) is 49.8 Å². The summed E-state index contributed by atoms with van der Waals surface area (Å²) in [7, 11) is 3.51. The van der Waals surface area contributed by atoms with Gasteiger partial charge < -0.3 is 9.64 Å². The van der Waals surface area contributed by atoms with E-state index >= 15 is 0 Å². The van der Waals surface area contributed by atoms with E-state index in [-0.39, 0.29) is 17.3 Å². The fourth-order valence-corrected chi connectivity index (χ4v) is 6.33. The third-order valence-electron chi connectivity index (χ3n) is 6.77. The molecule has 5 rings (SSSR count). The highest BCUT2D eigenvalue weighted by Gasteiger charge is 2.43. The van der Waals surface area contributed by atoms with E-state index in [0.29, 0.717) is 16.5 Å². The number of amides is 2. The molecule has 8 nitrogen and oxygen atoms in total. The van der Waals surface area contributed by atoms with Gasteiger partial charge in [0.1, 0.15) is 6.04 Å². The number of aromatic nitrogens is 2. The Kier molecular flexibility index (Phi) is 5.08. The van der Waals surface area contributed by atoms with Crippen LogP contribution in [0.3, 0.4) is 0 Å². The summed E-state index contributed by atoms with van der Waals surface area (Å²) in [6.07, 6.45) is 13.2. The second-order valence-electron chi connectivity index (χ2n) is 8.74. The predicted octanol–water partition coefficient (Wildman–Crippen LogP) is 3.03. The molecule has 1 aromatic heterocycles. The van der Waals surface area contributed by atoms with Crippen LogP contribution in [0, 0.1) is 5.41 Å². The first-order valence-corrected chi connectivity index (χ1v) is 11.6. The molecule has 2 atom stereocenters. The number of hydrogen-bond acceptors (Lipinski definition) is 6. The highest BCUT2D eigenvalue weighted by atomic mass is 32.2. The second kappa shape index (κ2) is 7.76. The van der Waals surface area contributed by atoms with Gasteiger partial charge in [-0.1, -0.05) is 31.0 Å². The standard InChI is InChI=1S/C21H28N6O2S/c1-26-12-14(10-23-26)15-11-22-18(29-2)16-17(15)30-19(24-16)25-20(28)27-9-8-21(13-27)6-4-3-5-7-21/h10-12,16-17H,3-9,13H2,1-2H3,(H,24,25,28). The Morgan fingerprint density at radius 2 is 2.13 bits per heavy atom. The molecule has 4 aliphatic rings. The van der Waals surface area contributed by atoms with Crippen molar-refractivity contribution in [1.29, 1.82) is 0 Å². The summed E-state index contributed by atoms with van der Waals surface area (Å²) in [6, 6.07) is -0.274. The van der Waals surface area contributed by atoms with Gasteiger partial charge in [-0.3, -0.25) is 10.00 Å². The fraction of sp³-hybridized carbons (Fsp3) is 0.619. The van der Waals surface area contributed by atoms with Crippen molar-refractivity contribution in [3.8, 4) is 0 Å². The average Bonchev–Trinajstić information content (AvgIpc) is 3.47. The largest absolute Gasteiger partial charge is 0.482 e. The molecule has 0 radical (unpaired) electrons. The van der Waals surface area contributed by atoms with E-state index in [1.54, 1.807) is 23.6 Å². The van der Waals surface area contributed by atoms with Crippen LogP contribution in [0.2, 0.25) is 0 Å². The number of carbonyl (C=O) groups is 1. The monoisotopic (exact) mass is 428 g/mol. The topological polar surface area (TPSA) is 84.1 Å². The fourth-order valence-electron chi connectivity index (χ4n) is 5.14. The summed E-state index contributed by atoms with van der Waals surface area (Å²) in [5.74, 6) is 0.576. The van der Waals surface area contributed by atoms with Gasteiger partial charge in [-0.2, -0.15) is 5.10 Å². The molecular formula is C21H28N6O2S. The number of rotatable bonds is 1. The van der Waals surface area contributed by atoms with Crippen molar-refractivity contribution in [2.24, 2.45) is 22.4 Å². The number of ether oxygens (including phenoxy) is 1. The number of amidine groups is 1. The van der Waals surface area contributed by atoms with Crippen molar-refractivity contribution in [3.63, 3.8) is 0 Å². The summed E-state index contributed by atoms with van der Waals surface area (Å²) in [4.78, 5) is 24.2. The van der Waals surface area contributed by atoms with Gasteiger partial charge >= 0.3 is 6.03 Å². The van der Waals surface area contributed by atoms with Gasteiger partial charge in [-0.25, -0.2) is 14.8 Å². The van der Waals surface area contributed by atoms with Gasteiger partial charge in [0.05, 0.1) is 18.6 Å². The number of hydrogen-bond donors (Lipinski definition) is 1. The van der Waals surface area contributed by atoms with Crippen molar-refractivity contribution >= 4 is 34.4 Å². The molecule has 1 aliphatic carbocycles. The zero-order valence-electron chi connectivity index (χ0n) is 17.5. The van der Waals surface area contributed by atoms with Crippen LogP contribution in [0.15, 0.2) is 28.6 Å². The highest BCUT2D eigenvalue weighted by molar-refractivity contribution is 8.15. The Hall–Kier alpha value is -2.29. The molecule has 1 N–H and O–H groups in total. The molecule has 2 fully saturated rings. The molecule has 2 unspecified atom stereocenters. The lowest BCUT2D eigenvalue weighted by atomic mass is 9.73. The molecule has 4 heterocycles. The Labute approximate surface area is 180 Å². The number of methoxy groups -OCH3 is 1.